The van der Waals surface area contributed by atoms with Crippen molar-refractivity contribution < 1.29 is 9.90 Å². The van der Waals surface area contributed by atoms with E-state index in [2.05, 4.69) is 13.8 Å². The normalized spacial score (nSPS) is 21.5. The molecule has 1 heterocycles. The molecule has 1 rings (SSSR count). The summed E-state index contributed by atoms with van der Waals surface area (Å²) in [5.41, 5.74) is 5.67. The molecular formula is C12H24N2O2. The van der Waals surface area contributed by atoms with Crippen LogP contribution in [0.15, 0.2) is 0 Å². The maximum atomic E-state index is 11.8. The standard InChI is InChI=1S/C12H24N2O2/c1-12(2,6-7-13)5-3-11(16)14-8-4-10(15)9-14/h10,15H,3-9,13H2,1-2H3/t10-/m1/s1. The molecule has 0 aromatic rings. The third kappa shape index (κ3) is 4.10. The quantitative estimate of drug-likeness (QED) is 0.729. The molecule has 1 fully saturated rings. The van der Waals surface area contributed by atoms with E-state index in [4.69, 9.17) is 5.73 Å². The van der Waals surface area contributed by atoms with Crippen molar-refractivity contribution in [2.75, 3.05) is 19.6 Å². The molecule has 1 amide bonds. The summed E-state index contributed by atoms with van der Waals surface area (Å²) in [6.07, 6.45) is 2.79. The molecule has 4 heteroatoms. The zero-order chi connectivity index (χ0) is 12.2. The van der Waals surface area contributed by atoms with Gasteiger partial charge >= 0.3 is 0 Å². The van der Waals surface area contributed by atoms with Crippen LogP contribution in [0, 0.1) is 5.41 Å². The number of likely N-dealkylation sites (tertiary alicyclic amines) is 1. The number of aliphatic hydroxyl groups excluding tert-OH is 1. The Hall–Kier alpha value is -0.610. The highest BCUT2D eigenvalue weighted by Gasteiger charge is 2.26. The summed E-state index contributed by atoms with van der Waals surface area (Å²) in [7, 11) is 0. The fraction of sp³-hybridized carbons (Fsp3) is 0.917. The lowest BCUT2D eigenvalue weighted by molar-refractivity contribution is -0.131. The largest absolute Gasteiger partial charge is 0.391 e. The molecule has 0 radical (unpaired) electrons. The van der Waals surface area contributed by atoms with Crippen molar-refractivity contribution in [3.63, 3.8) is 0 Å². The lowest BCUT2D eigenvalue weighted by atomic mass is 9.84. The molecule has 1 aliphatic heterocycles. The minimum absolute atomic E-state index is 0.142. The second-order valence-corrected chi connectivity index (χ2v) is 5.49. The summed E-state index contributed by atoms with van der Waals surface area (Å²) < 4.78 is 0. The molecule has 1 saturated heterocycles. The van der Waals surface area contributed by atoms with Crippen molar-refractivity contribution >= 4 is 5.91 Å². The van der Waals surface area contributed by atoms with Crippen molar-refractivity contribution in [2.45, 2.75) is 45.6 Å². The summed E-state index contributed by atoms with van der Waals surface area (Å²) in [5.74, 6) is 0.168. The van der Waals surface area contributed by atoms with Gasteiger partial charge in [-0.3, -0.25) is 4.79 Å². The maximum absolute atomic E-state index is 11.8. The average molecular weight is 228 g/mol. The Morgan fingerprint density at radius 3 is 2.69 bits per heavy atom. The molecule has 0 aromatic carbocycles. The number of nitrogens with two attached hydrogens (primary N) is 1. The van der Waals surface area contributed by atoms with Crippen molar-refractivity contribution in [3.05, 3.63) is 0 Å². The number of carbonyl (C=O) groups is 1. The van der Waals surface area contributed by atoms with Crippen LogP contribution in [0.4, 0.5) is 0 Å². The Kier molecular flexibility index (Phi) is 4.74. The van der Waals surface area contributed by atoms with Crippen LogP contribution in [0.3, 0.4) is 0 Å². The minimum atomic E-state index is -0.319. The highest BCUT2D eigenvalue weighted by atomic mass is 16.3. The highest BCUT2D eigenvalue weighted by Crippen LogP contribution is 2.26. The van der Waals surface area contributed by atoms with Crippen LogP contribution < -0.4 is 5.73 Å². The van der Waals surface area contributed by atoms with Crippen LogP contribution in [-0.4, -0.2) is 41.7 Å². The van der Waals surface area contributed by atoms with Gasteiger partial charge in [0.15, 0.2) is 0 Å². The number of amides is 1. The Labute approximate surface area is 97.8 Å². The Morgan fingerprint density at radius 1 is 1.50 bits per heavy atom. The number of hydrogen-bond acceptors (Lipinski definition) is 3. The van der Waals surface area contributed by atoms with Gasteiger partial charge in [0.1, 0.15) is 0 Å². The first-order valence-corrected chi connectivity index (χ1v) is 6.10. The first-order chi connectivity index (χ1) is 7.44. The Balaban J connectivity index is 2.29. The van der Waals surface area contributed by atoms with Gasteiger partial charge in [-0.1, -0.05) is 13.8 Å². The predicted molar refractivity (Wildman–Crippen MR) is 63.9 cm³/mol. The molecule has 0 saturated carbocycles. The Bertz CT molecular complexity index is 241. The first-order valence-electron chi connectivity index (χ1n) is 6.10. The van der Waals surface area contributed by atoms with Crippen molar-refractivity contribution in [2.24, 2.45) is 11.1 Å². The van der Waals surface area contributed by atoms with Crippen LogP contribution in [0.5, 0.6) is 0 Å². The first kappa shape index (κ1) is 13.5. The minimum Gasteiger partial charge on any atom is -0.391 e. The van der Waals surface area contributed by atoms with E-state index in [0.29, 0.717) is 26.1 Å². The topological polar surface area (TPSA) is 66.6 Å². The van der Waals surface area contributed by atoms with Gasteiger partial charge in [0.2, 0.25) is 5.91 Å². The van der Waals surface area contributed by atoms with Crippen molar-refractivity contribution in [1.82, 2.24) is 4.90 Å². The molecule has 4 nitrogen and oxygen atoms in total. The fourth-order valence-electron chi connectivity index (χ4n) is 2.09. The monoisotopic (exact) mass is 228 g/mol. The van der Waals surface area contributed by atoms with Crippen LogP contribution in [0.1, 0.15) is 39.5 Å². The number of β-amino-alcohol motifs (C(OH)–C–C–N with tert-alkyl or cyclic N) is 1. The molecule has 3 N–H and O–H groups in total. The summed E-state index contributed by atoms with van der Waals surface area (Å²) in [6.45, 7) is 6.18. The van der Waals surface area contributed by atoms with E-state index in [1.165, 1.54) is 0 Å². The molecule has 0 unspecified atom stereocenters. The van der Waals surface area contributed by atoms with E-state index in [1.54, 1.807) is 4.90 Å². The number of rotatable bonds is 5. The van der Waals surface area contributed by atoms with Gasteiger partial charge in [0.05, 0.1) is 6.10 Å². The number of hydrogen-bond donors (Lipinski definition) is 2. The van der Waals surface area contributed by atoms with Gasteiger partial charge in [0.25, 0.3) is 0 Å². The zero-order valence-corrected chi connectivity index (χ0v) is 10.4. The van der Waals surface area contributed by atoms with Gasteiger partial charge in [0, 0.05) is 19.5 Å². The van der Waals surface area contributed by atoms with E-state index in [-0.39, 0.29) is 17.4 Å². The lowest BCUT2D eigenvalue weighted by Crippen LogP contribution is -2.30. The third-order valence-electron chi connectivity index (χ3n) is 3.35. The van der Waals surface area contributed by atoms with Crippen molar-refractivity contribution in [3.8, 4) is 0 Å². The molecule has 94 valence electrons. The van der Waals surface area contributed by atoms with Gasteiger partial charge in [-0.05, 0) is 31.2 Å². The van der Waals surface area contributed by atoms with E-state index in [9.17, 15) is 9.90 Å². The zero-order valence-electron chi connectivity index (χ0n) is 10.4. The third-order valence-corrected chi connectivity index (χ3v) is 3.35. The summed E-state index contributed by atoms with van der Waals surface area (Å²) in [5, 5.41) is 9.35. The van der Waals surface area contributed by atoms with Gasteiger partial charge in [-0.15, -0.1) is 0 Å². The predicted octanol–water partition coefficient (Wildman–Crippen LogP) is 0.735. The fourth-order valence-corrected chi connectivity index (χ4v) is 2.09. The highest BCUT2D eigenvalue weighted by molar-refractivity contribution is 5.76. The Morgan fingerprint density at radius 2 is 2.19 bits per heavy atom. The SMILES string of the molecule is CC(C)(CCN)CCC(=O)N1CC[C@@H](O)C1. The maximum Gasteiger partial charge on any atom is 0.222 e. The van der Waals surface area contributed by atoms with Gasteiger partial charge in [-0.25, -0.2) is 0 Å². The summed E-state index contributed by atoms with van der Waals surface area (Å²) >= 11 is 0. The van der Waals surface area contributed by atoms with Gasteiger partial charge < -0.3 is 15.7 Å². The smallest absolute Gasteiger partial charge is 0.222 e. The number of carbonyl (C=O) groups excluding carboxylic acids is 1. The average Bonchev–Trinajstić information content (AvgIpc) is 2.61. The second kappa shape index (κ2) is 5.64. The molecule has 16 heavy (non-hydrogen) atoms. The van der Waals surface area contributed by atoms with E-state index in [0.717, 1.165) is 19.3 Å². The van der Waals surface area contributed by atoms with Crippen molar-refractivity contribution in [1.29, 1.82) is 0 Å². The van der Waals surface area contributed by atoms with E-state index in [1.807, 2.05) is 0 Å². The second-order valence-electron chi connectivity index (χ2n) is 5.49. The molecule has 0 aliphatic carbocycles. The molecule has 0 aromatic heterocycles. The van der Waals surface area contributed by atoms with Crippen LogP contribution in [0.2, 0.25) is 0 Å². The van der Waals surface area contributed by atoms with Gasteiger partial charge in [-0.2, -0.15) is 0 Å². The molecular weight excluding hydrogens is 204 g/mol. The number of nitrogens with zero attached hydrogens (tertiary/aromatic N) is 1. The molecule has 1 aliphatic rings. The molecule has 0 spiro atoms. The summed E-state index contributed by atoms with van der Waals surface area (Å²) in [4.78, 5) is 13.6. The van der Waals surface area contributed by atoms with Crippen LogP contribution >= 0.6 is 0 Å². The van der Waals surface area contributed by atoms with Crippen LogP contribution in [0.25, 0.3) is 0 Å². The van der Waals surface area contributed by atoms with E-state index >= 15 is 0 Å². The number of aliphatic hydroxyl groups is 1. The summed E-state index contributed by atoms with van der Waals surface area (Å²) in [6, 6.07) is 0. The molecule has 1 atom stereocenters. The van der Waals surface area contributed by atoms with Crippen LogP contribution in [-0.2, 0) is 4.79 Å². The van der Waals surface area contributed by atoms with E-state index < -0.39 is 0 Å². The lowest BCUT2D eigenvalue weighted by Gasteiger charge is -2.25. The molecule has 0 bridgehead atoms.